The van der Waals surface area contributed by atoms with Gasteiger partial charge in [-0.15, -0.1) is 0 Å². The van der Waals surface area contributed by atoms with Crippen LogP contribution in [0.2, 0.25) is 0 Å². The van der Waals surface area contributed by atoms with E-state index in [1.807, 2.05) is 0 Å². The Bertz CT molecular complexity index is 575. The highest BCUT2D eigenvalue weighted by Gasteiger charge is 2.26. The largest absolute Gasteiger partial charge is 0.367 e. The molecule has 19 heavy (non-hydrogen) atoms. The number of hydrogen-bond donors (Lipinski definition) is 1. The summed E-state index contributed by atoms with van der Waals surface area (Å²) in [6.45, 7) is 3.70. The van der Waals surface area contributed by atoms with E-state index in [0.29, 0.717) is 12.6 Å². The quantitative estimate of drug-likeness (QED) is 0.913. The summed E-state index contributed by atoms with van der Waals surface area (Å²) >= 11 is 0. The maximum absolute atomic E-state index is 5.81. The summed E-state index contributed by atoms with van der Waals surface area (Å²) in [5.74, 6) is 0. The van der Waals surface area contributed by atoms with Crippen LogP contribution in [0.1, 0.15) is 25.0 Å². The van der Waals surface area contributed by atoms with Crippen molar-refractivity contribution in [2.75, 3.05) is 18.0 Å². The van der Waals surface area contributed by atoms with E-state index < -0.39 is 0 Å². The number of aryl methyl sites for hydroxylation is 1. The molecular weight excluding hydrogens is 234 g/mol. The first-order valence-corrected chi connectivity index (χ1v) is 7.12. The Hall–Kier alpha value is -1.61. The highest BCUT2D eigenvalue weighted by Crippen LogP contribution is 2.33. The van der Waals surface area contributed by atoms with Crippen molar-refractivity contribution in [1.82, 2.24) is 4.98 Å². The van der Waals surface area contributed by atoms with Gasteiger partial charge in [-0.05, 0) is 38.3 Å². The minimum atomic E-state index is 0.661. The number of hydrogen-bond acceptors (Lipinski definition) is 3. The van der Waals surface area contributed by atoms with Crippen molar-refractivity contribution in [3.8, 4) is 0 Å². The highest BCUT2D eigenvalue weighted by atomic mass is 15.2. The maximum Gasteiger partial charge on any atom is 0.0726 e. The molecule has 0 atom stereocenters. The minimum Gasteiger partial charge on any atom is -0.367 e. The van der Waals surface area contributed by atoms with Crippen LogP contribution in [0.25, 0.3) is 10.9 Å². The van der Waals surface area contributed by atoms with Gasteiger partial charge >= 0.3 is 0 Å². The fraction of sp³-hybridized carbons (Fsp3) is 0.438. The van der Waals surface area contributed by atoms with E-state index in [9.17, 15) is 0 Å². The van der Waals surface area contributed by atoms with Gasteiger partial charge in [0.05, 0.1) is 5.52 Å². The van der Waals surface area contributed by atoms with Gasteiger partial charge in [-0.2, -0.15) is 0 Å². The summed E-state index contributed by atoms with van der Waals surface area (Å²) in [4.78, 5) is 7.11. The molecular formula is C16H21N3. The molecule has 1 saturated carbocycles. The summed E-state index contributed by atoms with van der Waals surface area (Å²) in [6, 6.07) is 11.3. The molecule has 1 fully saturated rings. The number of rotatable bonds is 4. The van der Waals surface area contributed by atoms with E-state index in [2.05, 4.69) is 47.1 Å². The molecule has 2 aromatic rings. The van der Waals surface area contributed by atoms with Crippen molar-refractivity contribution >= 4 is 16.6 Å². The Kier molecular flexibility index (Phi) is 3.38. The van der Waals surface area contributed by atoms with Gasteiger partial charge in [0.2, 0.25) is 0 Å². The van der Waals surface area contributed by atoms with Gasteiger partial charge in [-0.3, -0.25) is 4.98 Å². The first-order valence-electron chi connectivity index (χ1n) is 7.12. The minimum absolute atomic E-state index is 0.661. The van der Waals surface area contributed by atoms with Gasteiger partial charge in [-0.25, -0.2) is 0 Å². The maximum atomic E-state index is 5.81. The van der Waals surface area contributed by atoms with Crippen LogP contribution >= 0.6 is 0 Å². The average Bonchev–Trinajstić information content (AvgIpc) is 2.35. The van der Waals surface area contributed by atoms with Crippen LogP contribution in [0.3, 0.4) is 0 Å². The lowest BCUT2D eigenvalue weighted by molar-refractivity contribution is 0.388. The molecule has 1 aliphatic carbocycles. The smallest absolute Gasteiger partial charge is 0.0726 e. The van der Waals surface area contributed by atoms with Gasteiger partial charge in [0.15, 0.2) is 0 Å². The molecule has 3 nitrogen and oxygen atoms in total. The van der Waals surface area contributed by atoms with Crippen molar-refractivity contribution in [1.29, 1.82) is 0 Å². The van der Waals surface area contributed by atoms with Crippen LogP contribution in [-0.2, 0) is 0 Å². The number of fused-ring (bicyclic) bond motifs is 1. The molecule has 1 aliphatic rings. The molecule has 1 heterocycles. The third kappa shape index (κ3) is 2.30. The van der Waals surface area contributed by atoms with E-state index >= 15 is 0 Å². The van der Waals surface area contributed by atoms with Crippen LogP contribution in [0.4, 0.5) is 5.69 Å². The first kappa shape index (κ1) is 12.4. The average molecular weight is 255 g/mol. The molecule has 0 saturated heterocycles. The van der Waals surface area contributed by atoms with Crippen LogP contribution in [0, 0.1) is 6.92 Å². The Morgan fingerprint density at radius 2 is 2.11 bits per heavy atom. The summed E-state index contributed by atoms with van der Waals surface area (Å²) in [5.41, 5.74) is 9.27. The van der Waals surface area contributed by atoms with Gasteiger partial charge < -0.3 is 10.6 Å². The Morgan fingerprint density at radius 1 is 1.32 bits per heavy atom. The predicted molar refractivity (Wildman–Crippen MR) is 80.5 cm³/mol. The van der Waals surface area contributed by atoms with Crippen molar-refractivity contribution in [2.24, 2.45) is 5.73 Å². The van der Waals surface area contributed by atoms with Crippen LogP contribution < -0.4 is 10.6 Å². The second-order valence-electron chi connectivity index (χ2n) is 5.37. The zero-order chi connectivity index (χ0) is 13.2. The standard InChI is InChI=1S/C16H21N3/c1-12-11-16(14-7-2-3-8-15(14)18-12)19(10-9-17)13-5-4-6-13/h2-3,7-8,11,13H,4-6,9-10,17H2,1H3. The van der Waals surface area contributed by atoms with Gasteiger partial charge in [-0.1, -0.05) is 18.2 Å². The van der Waals surface area contributed by atoms with Crippen LogP contribution in [-0.4, -0.2) is 24.1 Å². The molecule has 0 bridgehead atoms. The molecule has 0 amide bonds. The van der Waals surface area contributed by atoms with E-state index in [0.717, 1.165) is 17.8 Å². The highest BCUT2D eigenvalue weighted by molar-refractivity contribution is 5.92. The number of benzene rings is 1. The summed E-state index contributed by atoms with van der Waals surface area (Å²) in [7, 11) is 0. The van der Waals surface area contributed by atoms with Crippen molar-refractivity contribution in [3.63, 3.8) is 0 Å². The van der Waals surface area contributed by atoms with Crippen LogP contribution in [0.5, 0.6) is 0 Å². The number of aromatic nitrogens is 1. The molecule has 1 aromatic carbocycles. The van der Waals surface area contributed by atoms with E-state index in [1.54, 1.807) is 0 Å². The molecule has 3 heteroatoms. The Labute approximate surface area is 114 Å². The van der Waals surface area contributed by atoms with Crippen molar-refractivity contribution in [3.05, 3.63) is 36.0 Å². The Balaban J connectivity index is 2.10. The van der Waals surface area contributed by atoms with Crippen LogP contribution in [0.15, 0.2) is 30.3 Å². The first-order chi connectivity index (χ1) is 9.29. The third-order valence-corrected chi connectivity index (χ3v) is 4.02. The molecule has 100 valence electrons. The lowest BCUT2D eigenvalue weighted by Crippen LogP contribution is -2.43. The molecule has 0 aliphatic heterocycles. The number of pyridine rings is 1. The lowest BCUT2D eigenvalue weighted by Gasteiger charge is -2.39. The second kappa shape index (κ2) is 5.17. The number of nitrogens with two attached hydrogens (primary N) is 1. The number of para-hydroxylation sites is 1. The van der Waals surface area contributed by atoms with Crippen molar-refractivity contribution in [2.45, 2.75) is 32.2 Å². The molecule has 3 rings (SSSR count). The molecule has 2 N–H and O–H groups in total. The Morgan fingerprint density at radius 3 is 2.79 bits per heavy atom. The fourth-order valence-electron chi connectivity index (χ4n) is 2.86. The van der Waals surface area contributed by atoms with E-state index in [-0.39, 0.29) is 0 Å². The molecule has 0 unspecified atom stereocenters. The van der Waals surface area contributed by atoms with Gasteiger partial charge in [0, 0.05) is 35.9 Å². The predicted octanol–water partition coefficient (Wildman–Crippen LogP) is 2.86. The molecule has 0 spiro atoms. The molecule has 1 aromatic heterocycles. The zero-order valence-corrected chi connectivity index (χ0v) is 11.5. The summed E-state index contributed by atoms with van der Waals surface area (Å²) in [6.07, 6.45) is 3.92. The van der Waals surface area contributed by atoms with E-state index in [4.69, 9.17) is 5.73 Å². The monoisotopic (exact) mass is 255 g/mol. The fourth-order valence-corrected chi connectivity index (χ4v) is 2.86. The van der Waals surface area contributed by atoms with Gasteiger partial charge in [0.25, 0.3) is 0 Å². The summed E-state index contributed by atoms with van der Waals surface area (Å²) in [5, 5.41) is 1.24. The third-order valence-electron chi connectivity index (χ3n) is 4.02. The topological polar surface area (TPSA) is 42.1 Å². The summed E-state index contributed by atoms with van der Waals surface area (Å²) < 4.78 is 0. The normalized spacial score (nSPS) is 15.5. The number of nitrogens with zero attached hydrogens (tertiary/aromatic N) is 2. The lowest BCUT2D eigenvalue weighted by atomic mass is 9.90. The van der Waals surface area contributed by atoms with Gasteiger partial charge in [0.1, 0.15) is 0 Å². The SMILES string of the molecule is Cc1cc(N(CCN)C2CCC2)c2ccccc2n1. The van der Waals surface area contributed by atoms with Crippen molar-refractivity contribution < 1.29 is 0 Å². The zero-order valence-electron chi connectivity index (χ0n) is 11.5. The second-order valence-corrected chi connectivity index (χ2v) is 5.37. The molecule has 0 radical (unpaired) electrons. The van der Waals surface area contributed by atoms with E-state index in [1.165, 1.54) is 30.3 Å². The number of anilines is 1.